The second kappa shape index (κ2) is 6.36. The van der Waals surface area contributed by atoms with E-state index in [1.807, 2.05) is 4.90 Å². The van der Waals surface area contributed by atoms with Crippen LogP contribution in [0.3, 0.4) is 0 Å². The molecule has 2 aliphatic rings. The topological polar surface area (TPSA) is 70.0 Å². The monoisotopic (exact) mass is 371 g/mol. The fourth-order valence-corrected chi connectivity index (χ4v) is 5.74. The van der Waals surface area contributed by atoms with Gasteiger partial charge in [0.15, 0.2) is 15.0 Å². The molecule has 0 spiro atoms. The highest BCUT2D eigenvalue weighted by Gasteiger charge is 2.47. The van der Waals surface area contributed by atoms with E-state index in [0.717, 1.165) is 0 Å². The van der Waals surface area contributed by atoms with Crippen LogP contribution in [-0.4, -0.2) is 67.8 Å². The normalized spacial score (nSPS) is 24.6. The minimum absolute atomic E-state index is 0.0149. The lowest BCUT2D eigenvalue weighted by atomic mass is 10.1. The molecule has 2 aliphatic heterocycles. The van der Waals surface area contributed by atoms with Gasteiger partial charge in [-0.05, 0) is 24.3 Å². The van der Waals surface area contributed by atoms with Gasteiger partial charge in [0.25, 0.3) is 0 Å². The number of amides is 1. The van der Waals surface area contributed by atoms with Crippen LogP contribution in [0.25, 0.3) is 0 Å². The molecule has 3 rings (SSSR count). The van der Waals surface area contributed by atoms with E-state index in [0.29, 0.717) is 10.9 Å². The van der Waals surface area contributed by atoms with Crippen LogP contribution < -0.4 is 4.90 Å². The number of benzene rings is 1. The average Bonchev–Trinajstić information content (AvgIpc) is 2.97. The van der Waals surface area contributed by atoms with E-state index in [4.69, 9.17) is 0 Å². The Kier molecular flexibility index (Phi) is 4.56. The molecule has 130 valence electrons. The molecule has 1 aromatic rings. The fraction of sp³-hybridized carbons (Fsp3) is 0.467. The molecular weight excluding hydrogens is 353 g/mol. The summed E-state index contributed by atoms with van der Waals surface area (Å²) >= 11 is 1.28. The molecule has 0 saturated carbocycles. The number of halogens is 1. The molecule has 1 amide bonds. The van der Waals surface area contributed by atoms with Gasteiger partial charge in [-0.3, -0.25) is 9.79 Å². The van der Waals surface area contributed by atoms with E-state index >= 15 is 0 Å². The van der Waals surface area contributed by atoms with Crippen LogP contribution in [-0.2, 0) is 14.6 Å². The fourth-order valence-electron chi connectivity index (χ4n) is 2.79. The minimum Gasteiger partial charge on any atom is -0.348 e. The van der Waals surface area contributed by atoms with Crippen molar-refractivity contribution in [2.24, 2.45) is 4.99 Å². The molecule has 24 heavy (non-hydrogen) atoms. The molecule has 0 aromatic heterocycles. The zero-order valence-electron chi connectivity index (χ0n) is 13.3. The van der Waals surface area contributed by atoms with Gasteiger partial charge in [-0.1, -0.05) is 11.8 Å². The van der Waals surface area contributed by atoms with Crippen LogP contribution in [0.5, 0.6) is 0 Å². The second-order valence-corrected chi connectivity index (χ2v) is 9.14. The number of hydrogen-bond acceptors (Lipinski definition) is 6. The second-order valence-electron chi connectivity index (χ2n) is 6.05. The van der Waals surface area contributed by atoms with Gasteiger partial charge < -0.3 is 9.80 Å². The SMILES string of the molecule is CN(C)C(=O)CSC1=N[C@@H]2CS(=O)(=O)C[C@@H]2N1c1ccc(F)cc1. The molecule has 1 fully saturated rings. The number of hydrogen-bond donors (Lipinski definition) is 0. The number of thioether (sulfide) groups is 1. The van der Waals surface area contributed by atoms with Gasteiger partial charge in [0.2, 0.25) is 5.91 Å². The Labute approximate surface area is 144 Å². The summed E-state index contributed by atoms with van der Waals surface area (Å²) in [7, 11) is 0.228. The lowest BCUT2D eigenvalue weighted by Gasteiger charge is -2.26. The first-order valence-electron chi connectivity index (χ1n) is 7.43. The third-order valence-electron chi connectivity index (χ3n) is 4.04. The summed E-state index contributed by atoms with van der Waals surface area (Å²) in [5, 5.41) is 0.613. The number of fused-ring (bicyclic) bond motifs is 1. The van der Waals surface area contributed by atoms with Crippen molar-refractivity contribution in [2.75, 3.05) is 36.3 Å². The molecule has 2 heterocycles. The van der Waals surface area contributed by atoms with Crippen LogP contribution in [0.1, 0.15) is 0 Å². The Morgan fingerprint density at radius 3 is 2.62 bits per heavy atom. The standard InChI is InChI=1S/C15H18FN3O3S2/c1-18(2)14(20)7-23-15-17-12-8-24(21,22)9-13(12)19(15)11-5-3-10(16)4-6-11/h3-6,12-13H,7-9H2,1-2H3/t12-,13+/m1/s1. The quantitative estimate of drug-likeness (QED) is 0.793. The van der Waals surface area contributed by atoms with Crippen LogP contribution in [0, 0.1) is 5.82 Å². The molecule has 2 atom stereocenters. The molecule has 0 N–H and O–H groups in total. The van der Waals surface area contributed by atoms with E-state index in [-0.39, 0.29) is 41.1 Å². The third kappa shape index (κ3) is 3.41. The van der Waals surface area contributed by atoms with Crippen molar-refractivity contribution in [3.8, 4) is 0 Å². The highest BCUT2D eigenvalue weighted by Crippen LogP contribution is 2.35. The Bertz CT molecular complexity index is 778. The van der Waals surface area contributed by atoms with Crippen molar-refractivity contribution in [3.05, 3.63) is 30.1 Å². The minimum atomic E-state index is -3.13. The number of sulfone groups is 1. The van der Waals surface area contributed by atoms with Crippen LogP contribution in [0.4, 0.5) is 10.1 Å². The highest BCUT2D eigenvalue weighted by atomic mass is 32.2. The van der Waals surface area contributed by atoms with Crippen molar-refractivity contribution >= 4 is 38.4 Å². The van der Waals surface area contributed by atoms with Gasteiger partial charge in [0.05, 0.1) is 29.3 Å². The maximum atomic E-state index is 13.2. The van der Waals surface area contributed by atoms with E-state index in [1.165, 1.54) is 28.8 Å². The number of amidine groups is 1. The largest absolute Gasteiger partial charge is 0.348 e. The summed E-state index contributed by atoms with van der Waals surface area (Å²) in [5.74, 6) is -0.157. The molecule has 0 unspecified atom stereocenters. The zero-order chi connectivity index (χ0) is 17.5. The van der Waals surface area contributed by atoms with Gasteiger partial charge in [-0.15, -0.1) is 0 Å². The molecule has 0 aliphatic carbocycles. The maximum Gasteiger partial charge on any atom is 0.232 e. The molecule has 6 nitrogen and oxygen atoms in total. The van der Waals surface area contributed by atoms with Crippen molar-refractivity contribution in [2.45, 2.75) is 12.1 Å². The Morgan fingerprint density at radius 2 is 2.00 bits per heavy atom. The van der Waals surface area contributed by atoms with Gasteiger partial charge in [0, 0.05) is 19.8 Å². The van der Waals surface area contributed by atoms with Crippen molar-refractivity contribution in [1.82, 2.24) is 4.90 Å². The van der Waals surface area contributed by atoms with E-state index < -0.39 is 9.84 Å². The summed E-state index contributed by atoms with van der Waals surface area (Å²) in [4.78, 5) is 19.7. The summed E-state index contributed by atoms with van der Waals surface area (Å²) in [6.07, 6.45) is 0. The van der Waals surface area contributed by atoms with E-state index in [9.17, 15) is 17.6 Å². The molecule has 1 saturated heterocycles. The Balaban J connectivity index is 1.87. The van der Waals surface area contributed by atoms with Crippen molar-refractivity contribution in [1.29, 1.82) is 0 Å². The summed E-state index contributed by atoms with van der Waals surface area (Å²) in [6.45, 7) is 0. The van der Waals surface area contributed by atoms with Crippen molar-refractivity contribution in [3.63, 3.8) is 0 Å². The van der Waals surface area contributed by atoms with Gasteiger partial charge >= 0.3 is 0 Å². The average molecular weight is 371 g/mol. The summed E-state index contributed by atoms with van der Waals surface area (Å²) in [6, 6.07) is 5.24. The number of rotatable bonds is 3. The number of carbonyl (C=O) groups is 1. The predicted molar refractivity (Wildman–Crippen MR) is 93.7 cm³/mol. The molecular formula is C15H18FN3O3S2. The number of nitrogens with zero attached hydrogens (tertiary/aromatic N) is 3. The van der Waals surface area contributed by atoms with Gasteiger partial charge in [0.1, 0.15) is 5.82 Å². The molecule has 0 bridgehead atoms. The van der Waals surface area contributed by atoms with Gasteiger partial charge in [-0.25, -0.2) is 12.8 Å². The first kappa shape index (κ1) is 17.2. The first-order chi connectivity index (χ1) is 11.3. The maximum absolute atomic E-state index is 13.2. The smallest absolute Gasteiger partial charge is 0.232 e. The molecule has 9 heteroatoms. The molecule has 1 aromatic carbocycles. The highest BCUT2D eigenvalue weighted by molar-refractivity contribution is 8.14. The summed E-state index contributed by atoms with van der Waals surface area (Å²) < 4.78 is 37.0. The number of aliphatic imine (C=N–C) groups is 1. The first-order valence-corrected chi connectivity index (χ1v) is 10.2. The molecule has 0 radical (unpaired) electrons. The third-order valence-corrected chi connectivity index (χ3v) is 6.69. The van der Waals surface area contributed by atoms with Crippen molar-refractivity contribution < 1.29 is 17.6 Å². The van der Waals surface area contributed by atoms with E-state index in [2.05, 4.69) is 4.99 Å². The summed E-state index contributed by atoms with van der Waals surface area (Å²) in [5.41, 5.74) is 0.685. The zero-order valence-corrected chi connectivity index (χ0v) is 15.0. The Morgan fingerprint density at radius 1 is 1.33 bits per heavy atom. The van der Waals surface area contributed by atoms with Crippen LogP contribution >= 0.6 is 11.8 Å². The lowest BCUT2D eigenvalue weighted by molar-refractivity contribution is -0.125. The van der Waals surface area contributed by atoms with Crippen LogP contribution in [0.2, 0.25) is 0 Å². The lowest BCUT2D eigenvalue weighted by Crippen LogP contribution is -2.39. The Hall–Kier alpha value is -1.61. The van der Waals surface area contributed by atoms with E-state index in [1.54, 1.807) is 26.2 Å². The van der Waals surface area contributed by atoms with Crippen LogP contribution in [0.15, 0.2) is 29.3 Å². The predicted octanol–water partition coefficient (Wildman–Crippen LogP) is 0.989. The number of anilines is 1. The number of carbonyl (C=O) groups excluding carboxylic acids is 1. The van der Waals surface area contributed by atoms with Gasteiger partial charge in [-0.2, -0.15) is 0 Å².